The monoisotopic (exact) mass is 1370 g/mol. The van der Waals surface area contributed by atoms with E-state index in [0.717, 1.165) is 173 Å². The van der Waals surface area contributed by atoms with Crippen molar-refractivity contribution in [3.05, 3.63) is 219 Å². The number of phosphoric ester groups is 1. The SMILES string of the molecule is CC/C=C\C/C=C\C/C=C\C/C=C\C/C=C\C/C=C\C/C=C\C/C=C\C/C=C\CCCCCCCCCCCC(=O)OCC(COP(=O)(O)OCC[N+](C)(C)C)OC(=O)CCCCCCCCCCC/C=C\C/C=C\C/C=C\C/C=C\C/C=C\C/C=C\C/C=C\C/C=C\C/C=C\CC. The fourth-order valence-corrected chi connectivity index (χ4v) is 10.4. The third-order valence-corrected chi connectivity index (χ3v) is 16.5. The predicted molar refractivity (Wildman–Crippen MR) is 426 cm³/mol. The smallest absolute Gasteiger partial charge is 0.462 e. The number of hydrogen-bond acceptors (Lipinski definition) is 7. The van der Waals surface area contributed by atoms with Gasteiger partial charge in [-0.15, -0.1) is 0 Å². The number of ether oxygens (including phenoxy) is 2. The van der Waals surface area contributed by atoms with E-state index in [1.807, 2.05) is 21.1 Å². The molecule has 10 heteroatoms. The Balaban J connectivity index is 4.13. The van der Waals surface area contributed by atoms with Crippen LogP contribution in [-0.2, 0) is 32.7 Å². The highest BCUT2D eigenvalue weighted by atomic mass is 31.2. The van der Waals surface area contributed by atoms with Crippen LogP contribution in [0.3, 0.4) is 0 Å². The second-order valence-corrected chi connectivity index (χ2v) is 27.4. The van der Waals surface area contributed by atoms with Crippen molar-refractivity contribution in [2.24, 2.45) is 0 Å². The van der Waals surface area contributed by atoms with Gasteiger partial charge in [0.25, 0.3) is 0 Å². The van der Waals surface area contributed by atoms with Gasteiger partial charge in [-0.1, -0.05) is 322 Å². The van der Waals surface area contributed by atoms with Crippen LogP contribution in [0.25, 0.3) is 0 Å². The molecule has 550 valence electrons. The van der Waals surface area contributed by atoms with Crippen LogP contribution in [0.1, 0.15) is 271 Å². The first-order chi connectivity index (χ1) is 48.0. The minimum Gasteiger partial charge on any atom is -0.462 e. The molecule has 0 aromatic heterocycles. The Labute approximate surface area is 601 Å². The number of esters is 2. The van der Waals surface area contributed by atoms with Gasteiger partial charge < -0.3 is 18.9 Å². The summed E-state index contributed by atoms with van der Waals surface area (Å²) in [6.07, 6.45) is 120. The lowest BCUT2D eigenvalue weighted by atomic mass is 10.1. The number of carbonyl (C=O) groups is 2. The summed E-state index contributed by atoms with van der Waals surface area (Å²) < 4.78 is 34.8. The standard InChI is InChI=1S/C88H140NO8P/c1-6-8-10-12-14-16-18-20-22-24-26-28-30-32-34-36-38-40-42-44-46-48-50-52-54-56-58-60-62-64-66-68-70-72-74-76-78-80-87(90)94-84-86(85-96-98(92,93)95-83-82-89(3,4)5)97-88(91)81-79-77-75-73-71-69-67-65-63-61-59-57-55-53-51-49-47-45-43-41-39-37-35-33-31-29-27-25-23-21-19-17-15-13-11-9-7-2/h8-11,14-17,20-23,26-29,32-35,38-41,44-47,50-53,56-59,86H,6-7,12-13,18-19,24-25,30-31,36-37,42-43,48-49,54-55,60-85H2,1-5H3/p+1/b10-8-,11-9-,16-14-,17-15-,22-20-,23-21-,28-26-,29-27-,34-32-,35-33-,40-38-,41-39-,46-44-,47-45-,52-50-,53-51-,58-56-,59-57-. The lowest BCUT2D eigenvalue weighted by Crippen LogP contribution is -2.37. The van der Waals surface area contributed by atoms with Crippen molar-refractivity contribution in [1.29, 1.82) is 0 Å². The topological polar surface area (TPSA) is 108 Å². The number of quaternary nitrogens is 1. The first-order valence-corrected chi connectivity index (χ1v) is 40.0. The average Bonchev–Trinajstić information content (AvgIpc) is 1.14. The van der Waals surface area contributed by atoms with Gasteiger partial charge in [-0.05, 0) is 154 Å². The van der Waals surface area contributed by atoms with E-state index in [1.54, 1.807) is 0 Å². The van der Waals surface area contributed by atoms with Gasteiger partial charge >= 0.3 is 19.8 Å². The summed E-state index contributed by atoms with van der Waals surface area (Å²) in [5.74, 6) is -0.824. The molecule has 0 aliphatic rings. The third-order valence-electron chi connectivity index (χ3n) is 15.5. The van der Waals surface area contributed by atoms with Crippen molar-refractivity contribution < 1.29 is 42.1 Å². The Morgan fingerprint density at radius 3 is 0.816 bits per heavy atom. The van der Waals surface area contributed by atoms with Crippen LogP contribution in [0.4, 0.5) is 0 Å². The summed E-state index contributed by atoms with van der Waals surface area (Å²) in [5, 5.41) is 0. The van der Waals surface area contributed by atoms with E-state index in [-0.39, 0.29) is 32.0 Å². The van der Waals surface area contributed by atoms with Crippen LogP contribution >= 0.6 is 7.82 Å². The molecule has 0 spiro atoms. The first-order valence-electron chi connectivity index (χ1n) is 38.5. The molecule has 2 atom stereocenters. The van der Waals surface area contributed by atoms with Crippen molar-refractivity contribution in [1.82, 2.24) is 0 Å². The predicted octanol–water partition coefficient (Wildman–Crippen LogP) is 25.9. The number of carbonyl (C=O) groups excluding carboxylic acids is 2. The number of nitrogens with zero attached hydrogens (tertiary/aromatic N) is 1. The molecule has 0 amide bonds. The van der Waals surface area contributed by atoms with E-state index < -0.39 is 26.5 Å². The fraction of sp³-hybridized carbons (Fsp3) is 0.568. The maximum Gasteiger partial charge on any atom is 0.472 e. The van der Waals surface area contributed by atoms with Gasteiger partial charge in [0, 0.05) is 12.8 Å². The van der Waals surface area contributed by atoms with E-state index in [2.05, 4.69) is 233 Å². The highest BCUT2D eigenvalue weighted by Gasteiger charge is 2.27. The Hall–Kier alpha value is -5.67. The molecule has 0 heterocycles. The zero-order valence-electron chi connectivity index (χ0n) is 62.7. The summed E-state index contributed by atoms with van der Waals surface area (Å²) in [6.45, 7) is 4.17. The summed E-state index contributed by atoms with van der Waals surface area (Å²) in [7, 11) is 1.44. The number of rotatable bonds is 68. The molecule has 9 nitrogen and oxygen atoms in total. The van der Waals surface area contributed by atoms with E-state index >= 15 is 0 Å². The summed E-state index contributed by atoms with van der Waals surface area (Å²) in [4.78, 5) is 36.0. The zero-order chi connectivity index (χ0) is 71.1. The maximum absolute atomic E-state index is 12.9. The normalized spacial score (nSPS) is 14.3. The fourth-order valence-electron chi connectivity index (χ4n) is 9.71. The molecule has 0 aliphatic heterocycles. The summed E-state index contributed by atoms with van der Waals surface area (Å²) in [5.41, 5.74) is 0. The molecule has 0 fully saturated rings. The van der Waals surface area contributed by atoms with E-state index in [1.165, 1.54) is 64.2 Å². The summed E-state index contributed by atoms with van der Waals surface area (Å²) >= 11 is 0. The molecule has 98 heavy (non-hydrogen) atoms. The molecule has 0 rings (SSSR count). The molecule has 0 saturated heterocycles. The Morgan fingerprint density at radius 1 is 0.316 bits per heavy atom. The summed E-state index contributed by atoms with van der Waals surface area (Å²) in [6, 6.07) is 0. The highest BCUT2D eigenvalue weighted by Crippen LogP contribution is 2.43. The Bertz CT molecular complexity index is 2460. The van der Waals surface area contributed by atoms with Crippen LogP contribution in [0.5, 0.6) is 0 Å². The molecule has 1 N–H and O–H groups in total. The zero-order valence-corrected chi connectivity index (χ0v) is 63.6. The Morgan fingerprint density at radius 2 is 0.551 bits per heavy atom. The molecule has 0 radical (unpaired) electrons. The van der Waals surface area contributed by atoms with Gasteiger partial charge in [0.1, 0.15) is 19.8 Å². The van der Waals surface area contributed by atoms with Crippen LogP contribution in [-0.4, -0.2) is 74.9 Å². The van der Waals surface area contributed by atoms with Crippen LogP contribution in [0.15, 0.2) is 219 Å². The van der Waals surface area contributed by atoms with Crippen molar-refractivity contribution in [2.75, 3.05) is 47.5 Å². The number of likely N-dealkylation sites (N-methyl/N-ethyl adjacent to an activating group) is 1. The van der Waals surface area contributed by atoms with E-state index in [0.29, 0.717) is 17.4 Å². The van der Waals surface area contributed by atoms with Gasteiger partial charge in [-0.3, -0.25) is 18.6 Å². The Kier molecular flexibility index (Phi) is 71.2. The van der Waals surface area contributed by atoms with E-state index in [9.17, 15) is 19.0 Å². The van der Waals surface area contributed by atoms with Crippen molar-refractivity contribution in [3.63, 3.8) is 0 Å². The molecular formula is C88H141NO8P+. The van der Waals surface area contributed by atoms with Crippen molar-refractivity contribution >= 4 is 19.8 Å². The quantitative estimate of drug-likeness (QED) is 0.0211. The number of allylic oxidation sites excluding steroid dienone is 36. The molecule has 0 aromatic rings. The number of phosphoric acid groups is 1. The molecular weight excluding hydrogens is 1230 g/mol. The number of hydrogen-bond donors (Lipinski definition) is 1. The van der Waals surface area contributed by atoms with Crippen molar-refractivity contribution in [3.8, 4) is 0 Å². The van der Waals surface area contributed by atoms with Gasteiger partial charge in [-0.25, -0.2) is 4.57 Å². The van der Waals surface area contributed by atoms with E-state index in [4.69, 9.17) is 18.5 Å². The second kappa shape index (κ2) is 75.5. The van der Waals surface area contributed by atoms with Gasteiger partial charge in [0.2, 0.25) is 0 Å². The van der Waals surface area contributed by atoms with Gasteiger partial charge in [0.05, 0.1) is 27.7 Å². The molecule has 0 aromatic carbocycles. The van der Waals surface area contributed by atoms with Crippen LogP contribution in [0, 0.1) is 0 Å². The van der Waals surface area contributed by atoms with Gasteiger partial charge in [0.15, 0.2) is 6.10 Å². The minimum absolute atomic E-state index is 0.0181. The molecule has 0 bridgehead atoms. The van der Waals surface area contributed by atoms with Crippen molar-refractivity contribution in [2.45, 2.75) is 277 Å². The average molecular weight is 1370 g/mol. The molecule has 0 aliphatic carbocycles. The van der Waals surface area contributed by atoms with Crippen LogP contribution < -0.4 is 0 Å². The lowest BCUT2D eigenvalue weighted by molar-refractivity contribution is -0.870. The largest absolute Gasteiger partial charge is 0.472 e. The second-order valence-electron chi connectivity index (χ2n) is 25.9. The highest BCUT2D eigenvalue weighted by molar-refractivity contribution is 7.47. The molecule has 2 unspecified atom stereocenters. The first kappa shape index (κ1) is 92.3. The number of unbranched alkanes of at least 4 members (excludes halogenated alkanes) is 18. The lowest BCUT2D eigenvalue weighted by Gasteiger charge is -2.24. The molecule has 0 saturated carbocycles. The minimum atomic E-state index is -4.41. The van der Waals surface area contributed by atoms with Crippen LogP contribution in [0.2, 0.25) is 0 Å². The third kappa shape index (κ3) is 79.3. The van der Waals surface area contributed by atoms with Gasteiger partial charge in [-0.2, -0.15) is 0 Å². The maximum atomic E-state index is 12.9.